The van der Waals surface area contributed by atoms with Crippen LogP contribution in [-0.4, -0.2) is 27.2 Å². The van der Waals surface area contributed by atoms with E-state index in [0.29, 0.717) is 29.4 Å². The van der Waals surface area contributed by atoms with Gasteiger partial charge >= 0.3 is 6.09 Å². The molecule has 0 aliphatic heterocycles. The Morgan fingerprint density at radius 3 is 2.86 bits per heavy atom. The molecule has 0 radical (unpaired) electrons. The normalized spacial score (nSPS) is 15.1. The Hall–Kier alpha value is -1.82. The first-order valence-electron chi connectivity index (χ1n) is 7.53. The Morgan fingerprint density at radius 2 is 2.23 bits per heavy atom. The van der Waals surface area contributed by atoms with Gasteiger partial charge < -0.3 is 4.74 Å². The molecule has 22 heavy (non-hydrogen) atoms. The van der Waals surface area contributed by atoms with E-state index in [1.165, 1.54) is 6.42 Å². The lowest BCUT2D eigenvalue weighted by molar-refractivity contribution is 0.147. The van der Waals surface area contributed by atoms with Crippen LogP contribution >= 0.6 is 11.6 Å². The SMILES string of the molecule is CC(C)COC(=O)Nc1nc2ccc(Cl)nc2n1C1CCC1. The number of imidazole rings is 1. The molecule has 1 aliphatic rings. The van der Waals surface area contributed by atoms with Crippen LogP contribution in [0.4, 0.5) is 10.7 Å². The molecule has 1 N–H and O–H groups in total. The summed E-state index contributed by atoms with van der Waals surface area (Å²) >= 11 is 5.99. The van der Waals surface area contributed by atoms with Crippen LogP contribution in [0, 0.1) is 5.92 Å². The molecular weight excluding hydrogens is 304 g/mol. The van der Waals surface area contributed by atoms with Crippen molar-refractivity contribution in [2.75, 3.05) is 11.9 Å². The number of anilines is 1. The van der Waals surface area contributed by atoms with Gasteiger partial charge in [0.15, 0.2) is 5.65 Å². The quantitative estimate of drug-likeness (QED) is 0.863. The van der Waals surface area contributed by atoms with Crippen molar-refractivity contribution in [3.05, 3.63) is 17.3 Å². The molecule has 118 valence electrons. The number of hydrogen-bond acceptors (Lipinski definition) is 4. The fraction of sp³-hybridized carbons (Fsp3) is 0.533. The first-order valence-corrected chi connectivity index (χ1v) is 7.90. The second-order valence-corrected chi connectivity index (χ2v) is 6.37. The van der Waals surface area contributed by atoms with Crippen LogP contribution in [0.2, 0.25) is 5.15 Å². The minimum absolute atomic E-state index is 0.289. The number of hydrogen-bond donors (Lipinski definition) is 1. The van der Waals surface area contributed by atoms with Crippen LogP contribution < -0.4 is 5.32 Å². The molecule has 1 fully saturated rings. The standard InChI is InChI=1S/C15H19ClN4O2/c1-9(2)8-22-15(21)19-14-17-11-6-7-12(16)18-13(11)20(14)10-4-3-5-10/h6-7,9-10H,3-5,8H2,1-2H3,(H,17,19,21). The fourth-order valence-corrected chi connectivity index (χ4v) is 2.54. The summed E-state index contributed by atoms with van der Waals surface area (Å²) in [6.45, 7) is 4.35. The zero-order valence-electron chi connectivity index (χ0n) is 12.7. The van der Waals surface area contributed by atoms with E-state index in [1.807, 2.05) is 24.5 Å². The van der Waals surface area contributed by atoms with Crippen LogP contribution in [0.25, 0.3) is 11.2 Å². The van der Waals surface area contributed by atoms with Gasteiger partial charge in [-0.2, -0.15) is 0 Å². The molecule has 0 bridgehead atoms. The minimum atomic E-state index is -0.490. The Morgan fingerprint density at radius 1 is 1.45 bits per heavy atom. The summed E-state index contributed by atoms with van der Waals surface area (Å²) < 4.78 is 7.12. The molecule has 1 amide bonds. The second kappa shape index (κ2) is 6.12. The van der Waals surface area contributed by atoms with Gasteiger partial charge in [-0.05, 0) is 37.3 Å². The number of rotatable bonds is 4. The average Bonchev–Trinajstić information content (AvgIpc) is 2.73. The first kappa shape index (κ1) is 15.1. The smallest absolute Gasteiger partial charge is 0.413 e. The Balaban J connectivity index is 1.89. The molecule has 0 spiro atoms. The number of pyridine rings is 1. The van der Waals surface area contributed by atoms with Crippen molar-refractivity contribution in [2.24, 2.45) is 5.92 Å². The van der Waals surface area contributed by atoms with Crippen molar-refractivity contribution in [1.29, 1.82) is 0 Å². The number of aromatic nitrogens is 3. The van der Waals surface area contributed by atoms with Crippen LogP contribution in [0.5, 0.6) is 0 Å². The van der Waals surface area contributed by atoms with E-state index < -0.39 is 6.09 Å². The molecular formula is C15H19ClN4O2. The summed E-state index contributed by atoms with van der Waals surface area (Å²) in [5.41, 5.74) is 1.42. The maximum absolute atomic E-state index is 11.9. The monoisotopic (exact) mass is 322 g/mol. The number of halogens is 1. The summed E-state index contributed by atoms with van der Waals surface area (Å²) in [6.07, 6.45) is 2.78. The maximum Gasteiger partial charge on any atom is 0.413 e. The first-order chi connectivity index (χ1) is 10.5. The van der Waals surface area contributed by atoms with Crippen molar-refractivity contribution >= 4 is 34.8 Å². The fourth-order valence-electron chi connectivity index (χ4n) is 2.40. The largest absolute Gasteiger partial charge is 0.449 e. The van der Waals surface area contributed by atoms with Gasteiger partial charge in [-0.25, -0.2) is 14.8 Å². The van der Waals surface area contributed by atoms with Crippen LogP contribution in [0.15, 0.2) is 12.1 Å². The van der Waals surface area contributed by atoms with Gasteiger partial charge in [-0.15, -0.1) is 0 Å². The van der Waals surface area contributed by atoms with E-state index in [4.69, 9.17) is 16.3 Å². The van der Waals surface area contributed by atoms with Gasteiger partial charge in [0.1, 0.15) is 10.7 Å². The molecule has 2 heterocycles. The molecule has 7 heteroatoms. The lowest BCUT2D eigenvalue weighted by atomic mass is 9.93. The number of nitrogens with zero attached hydrogens (tertiary/aromatic N) is 3. The van der Waals surface area contributed by atoms with Crippen molar-refractivity contribution in [1.82, 2.24) is 14.5 Å². The van der Waals surface area contributed by atoms with Gasteiger partial charge in [0, 0.05) is 6.04 Å². The lowest BCUT2D eigenvalue weighted by Crippen LogP contribution is -2.23. The van der Waals surface area contributed by atoms with Crippen LogP contribution in [0.3, 0.4) is 0 Å². The predicted octanol–water partition coefficient (Wildman–Crippen LogP) is 4.01. The molecule has 2 aromatic rings. The third-order valence-corrected chi connectivity index (χ3v) is 3.92. The summed E-state index contributed by atoms with van der Waals surface area (Å²) in [7, 11) is 0. The van der Waals surface area contributed by atoms with Crippen LogP contribution in [0.1, 0.15) is 39.2 Å². The summed E-state index contributed by atoms with van der Waals surface area (Å²) in [5.74, 6) is 0.764. The zero-order valence-corrected chi connectivity index (χ0v) is 13.4. The zero-order chi connectivity index (χ0) is 15.7. The lowest BCUT2D eigenvalue weighted by Gasteiger charge is -2.28. The van der Waals surface area contributed by atoms with E-state index >= 15 is 0 Å². The number of carbonyl (C=O) groups is 1. The van der Waals surface area contributed by atoms with Crippen molar-refractivity contribution in [2.45, 2.75) is 39.2 Å². The molecule has 3 rings (SSSR count). The third kappa shape index (κ3) is 3.02. The summed E-state index contributed by atoms with van der Waals surface area (Å²) in [6, 6.07) is 3.81. The van der Waals surface area contributed by atoms with Gasteiger partial charge in [0.2, 0.25) is 5.95 Å². The number of nitrogens with one attached hydrogen (secondary N) is 1. The highest BCUT2D eigenvalue weighted by atomic mass is 35.5. The van der Waals surface area contributed by atoms with Crippen molar-refractivity contribution < 1.29 is 9.53 Å². The highest BCUT2D eigenvalue weighted by Crippen LogP contribution is 2.36. The predicted molar refractivity (Wildman–Crippen MR) is 85.2 cm³/mol. The van der Waals surface area contributed by atoms with Gasteiger partial charge in [-0.3, -0.25) is 9.88 Å². The molecule has 0 aromatic carbocycles. The van der Waals surface area contributed by atoms with E-state index in [2.05, 4.69) is 15.3 Å². The third-order valence-electron chi connectivity index (χ3n) is 3.70. The van der Waals surface area contributed by atoms with E-state index in [1.54, 1.807) is 6.07 Å². The second-order valence-electron chi connectivity index (χ2n) is 5.98. The number of ether oxygens (including phenoxy) is 1. The molecule has 1 saturated carbocycles. The Bertz CT molecular complexity index is 694. The van der Waals surface area contributed by atoms with E-state index in [-0.39, 0.29) is 5.92 Å². The highest BCUT2D eigenvalue weighted by molar-refractivity contribution is 6.29. The summed E-state index contributed by atoms with van der Waals surface area (Å²) in [5, 5.41) is 3.15. The molecule has 1 aliphatic carbocycles. The molecule has 0 unspecified atom stereocenters. The molecule has 0 saturated heterocycles. The molecule has 0 atom stereocenters. The minimum Gasteiger partial charge on any atom is -0.449 e. The average molecular weight is 323 g/mol. The number of amides is 1. The topological polar surface area (TPSA) is 69.0 Å². The molecule has 2 aromatic heterocycles. The Kier molecular flexibility index (Phi) is 4.20. The van der Waals surface area contributed by atoms with E-state index in [9.17, 15) is 4.79 Å². The summed E-state index contributed by atoms with van der Waals surface area (Å²) in [4.78, 5) is 20.7. The Labute approximate surface area is 133 Å². The highest BCUT2D eigenvalue weighted by Gasteiger charge is 2.26. The van der Waals surface area contributed by atoms with Gasteiger partial charge in [-0.1, -0.05) is 25.4 Å². The van der Waals surface area contributed by atoms with E-state index in [0.717, 1.165) is 18.4 Å². The van der Waals surface area contributed by atoms with Crippen LogP contribution in [-0.2, 0) is 4.74 Å². The van der Waals surface area contributed by atoms with Crippen molar-refractivity contribution in [3.8, 4) is 0 Å². The van der Waals surface area contributed by atoms with Crippen molar-refractivity contribution in [3.63, 3.8) is 0 Å². The van der Waals surface area contributed by atoms with Gasteiger partial charge in [0.05, 0.1) is 6.61 Å². The number of fused-ring (bicyclic) bond motifs is 1. The van der Waals surface area contributed by atoms with Gasteiger partial charge in [0.25, 0.3) is 0 Å². The maximum atomic E-state index is 11.9. The number of carbonyl (C=O) groups excluding carboxylic acids is 1. The molecule has 6 nitrogen and oxygen atoms in total.